The van der Waals surface area contributed by atoms with Crippen LogP contribution in [0.15, 0.2) is 0 Å². The van der Waals surface area contributed by atoms with Crippen LogP contribution in [0, 0.1) is 0 Å². The molecule has 4 heteroatoms. The van der Waals surface area contributed by atoms with E-state index in [0.717, 1.165) is 0 Å². The summed E-state index contributed by atoms with van der Waals surface area (Å²) in [6.07, 6.45) is 0. The van der Waals surface area contributed by atoms with Crippen molar-refractivity contribution in [2.75, 3.05) is 6.54 Å². The van der Waals surface area contributed by atoms with Gasteiger partial charge in [-0.3, -0.25) is 0 Å². The Balaban J connectivity index is 3.75. The van der Waals surface area contributed by atoms with Crippen molar-refractivity contribution in [2.45, 2.75) is 39.3 Å². The summed E-state index contributed by atoms with van der Waals surface area (Å²) in [5, 5.41) is 5.49. The molecule has 0 heterocycles. The molecule has 0 radical (unpaired) electrons. The van der Waals surface area contributed by atoms with Gasteiger partial charge in [0, 0.05) is 18.1 Å². The van der Waals surface area contributed by atoms with Crippen LogP contribution < -0.4 is 16.4 Å². The zero-order valence-electron chi connectivity index (χ0n) is 8.27. The average molecular weight is 173 g/mol. The molecule has 72 valence electrons. The molecule has 4 N–H and O–H groups in total. The van der Waals surface area contributed by atoms with Gasteiger partial charge in [0.25, 0.3) is 0 Å². The zero-order chi connectivity index (χ0) is 9.78. The molecule has 0 rings (SSSR count). The Morgan fingerprint density at radius 2 is 2.00 bits per heavy atom. The maximum atomic E-state index is 11.2. The van der Waals surface area contributed by atoms with Crippen LogP contribution in [0.2, 0.25) is 0 Å². The van der Waals surface area contributed by atoms with Crippen molar-refractivity contribution in [3.8, 4) is 0 Å². The minimum atomic E-state index is -0.196. The number of nitrogens with two attached hydrogens (primary N) is 1. The van der Waals surface area contributed by atoms with Crippen molar-refractivity contribution in [2.24, 2.45) is 5.73 Å². The summed E-state index contributed by atoms with van der Waals surface area (Å²) in [6.45, 7) is 8.11. The number of nitrogens with one attached hydrogen (secondary N) is 2. The highest BCUT2D eigenvalue weighted by atomic mass is 16.2. The molecule has 0 aromatic rings. The lowest BCUT2D eigenvalue weighted by Crippen LogP contribution is -2.50. The molecule has 0 aromatic heterocycles. The Morgan fingerprint density at radius 1 is 1.50 bits per heavy atom. The van der Waals surface area contributed by atoms with Crippen LogP contribution in [-0.2, 0) is 0 Å². The Bertz CT molecular complexity index is 151. The van der Waals surface area contributed by atoms with E-state index in [0.29, 0.717) is 6.54 Å². The summed E-state index contributed by atoms with van der Waals surface area (Å²) >= 11 is 0. The first-order chi connectivity index (χ1) is 5.35. The average Bonchev–Trinajstić information content (AvgIpc) is 1.82. The number of rotatable bonds is 2. The summed E-state index contributed by atoms with van der Waals surface area (Å²) < 4.78 is 0. The van der Waals surface area contributed by atoms with Gasteiger partial charge in [-0.1, -0.05) is 0 Å². The van der Waals surface area contributed by atoms with Gasteiger partial charge in [0.2, 0.25) is 0 Å². The van der Waals surface area contributed by atoms with E-state index in [-0.39, 0.29) is 17.6 Å². The highest BCUT2D eigenvalue weighted by Gasteiger charge is 2.14. The molecule has 0 unspecified atom stereocenters. The predicted octanol–water partition coefficient (Wildman–Crippen LogP) is 0.431. The fourth-order valence-corrected chi connectivity index (χ4v) is 0.659. The lowest BCUT2D eigenvalue weighted by molar-refractivity contribution is 0.229. The molecule has 0 saturated carbocycles. The third kappa shape index (κ3) is 5.97. The van der Waals surface area contributed by atoms with E-state index < -0.39 is 0 Å². The number of carbonyl (C=O) groups is 1. The second-order valence-corrected chi connectivity index (χ2v) is 3.99. The number of amides is 2. The van der Waals surface area contributed by atoms with Crippen LogP contribution in [0.25, 0.3) is 0 Å². The van der Waals surface area contributed by atoms with Gasteiger partial charge in [-0.2, -0.15) is 0 Å². The van der Waals surface area contributed by atoms with Crippen LogP contribution in [0.5, 0.6) is 0 Å². The van der Waals surface area contributed by atoms with E-state index in [1.54, 1.807) is 0 Å². The Labute approximate surface area is 73.9 Å². The molecule has 0 aliphatic heterocycles. The summed E-state index contributed by atoms with van der Waals surface area (Å²) in [5.41, 5.74) is 5.15. The summed E-state index contributed by atoms with van der Waals surface area (Å²) in [7, 11) is 0. The van der Waals surface area contributed by atoms with Crippen LogP contribution in [0.1, 0.15) is 27.7 Å². The molecule has 1 atom stereocenters. The van der Waals surface area contributed by atoms with Crippen LogP contribution in [0.3, 0.4) is 0 Å². The molecule has 0 bridgehead atoms. The third-order valence-electron chi connectivity index (χ3n) is 1.22. The second-order valence-electron chi connectivity index (χ2n) is 3.99. The highest BCUT2D eigenvalue weighted by molar-refractivity contribution is 5.74. The molecular weight excluding hydrogens is 154 g/mol. The van der Waals surface area contributed by atoms with Crippen molar-refractivity contribution >= 4 is 6.03 Å². The fourth-order valence-electron chi connectivity index (χ4n) is 0.659. The van der Waals surface area contributed by atoms with Gasteiger partial charge < -0.3 is 16.4 Å². The van der Waals surface area contributed by atoms with Gasteiger partial charge in [-0.25, -0.2) is 4.79 Å². The Morgan fingerprint density at radius 3 is 2.33 bits per heavy atom. The van der Waals surface area contributed by atoms with E-state index in [9.17, 15) is 4.79 Å². The maximum Gasteiger partial charge on any atom is 0.315 e. The molecule has 0 aliphatic carbocycles. The summed E-state index contributed by atoms with van der Waals surface area (Å²) in [4.78, 5) is 11.2. The first-order valence-corrected chi connectivity index (χ1v) is 4.14. The first kappa shape index (κ1) is 11.2. The number of carbonyl (C=O) groups excluding carboxylic acids is 1. The van der Waals surface area contributed by atoms with E-state index in [1.165, 1.54) is 0 Å². The van der Waals surface area contributed by atoms with Crippen molar-refractivity contribution in [3.63, 3.8) is 0 Å². The molecule has 0 aromatic carbocycles. The Hall–Kier alpha value is -0.770. The number of hydrogen-bond donors (Lipinski definition) is 3. The minimum absolute atomic E-state index is 0.0207. The molecule has 0 aliphatic rings. The van der Waals surface area contributed by atoms with Crippen molar-refractivity contribution in [3.05, 3.63) is 0 Å². The van der Waals surface area contributed by atoms with Crippen molar-refractivity contribution in [1.29, 1.82) is 0 Å². The molecule has 12 heavy (non-hydrogen) atoms. The van der Waals surface area contributed by atoms with E-state index >= 15 is 0 Å². The fraction of sp³-hybridized carbons (Fsp3) is 0.875. The number of urea groups is 1. The minimum Gasteiger partial charge on any atom is -0.334 e. The van der Waals surface area contributed by atoms with Gasteiger partial charge in [0.1, 0.15) is 0 Å². The van der Waals surface area contributed by atoms with E-state index in [1.807, 2.05) is 27.7 Å². The molecule has 0 fully saturated rings. The first-order valence-electron chi connectivity index (χ1n) is 4.14. The van der Waals surface area contributed by atoms with Gasteiger partial charge in [0.15, 0.2) is 0 Å². The predicted molar refractivity (Wildman–Crippen MR) is 49.9 cm³/mol. The maximum absolute atomic E-state index is 11.2. The van der Waals surface area contributed by atoms with E-state index in [2.05, 4.69) is 10.6 Å². The van der Waals surface area contributed by atoms with Gasteiger partial charge in [0.05, 0.1) is 0 Å². The quantitative estimate of drug-likeness (QED) is 0.567. The topological polar surface area (TPSA) is 67.1 Å². The highest BCUT2D eigenvalue weighted by Crippen LogP contribution is 1.97. The monoisotopic (exact) mass is 173 g/mol. The normalized spacial score (nSPS) is 13.8. The van der Waals surface area contributed by atoms with Gasteiger partial charge in [-0.05, 0) is 27.7 Å². The van der Waals surface area contributed by atoms with Gasteiger partial charge >= 0.3 is 6.03 Å². The van der Waals surface area contributed by atoms with Crippen LogP contribution in [-0.4, -0.2) is 24.2 Å². The van der Waals surface area contributed by atoms with Crippen LogP contribution in [0.4, 0.5) is 4.79 Å². The molecular formula is C8H19N3O. The lowest BCUT2D eigenvalue weighted by atomic mass is 10.1. The van der Waals surface area contributed by atoms with Gasteiger partial charge in [-0.15, -0.1) is 0 Å². The summed E-state index contributed by atoms with van der Waals surface area (Å²) in [5.74, 6) is 0. The summed E-state index contributed by atoms with van der Waals surface area (Å²) in [6, 6.07) is -0.146. The largest absolute Gasteiger partial charge is 0.334 e. The standard InChI is InChI=1S/C8H19N3O/c1-6(5-9)10-7(12)11-8(2,3)4/h6H,5,9H2,1-4H3,(H2,10,11,12)/t6-/m1/s1. The third-order valence-corrected chi connectivity index (χ3v) is 1.22. The molecule has 2 amide bonds. The van der Waals surface area contributed by atoms with Crippen molar-refractivity contribution in [1.82, 2.24) is 10.6 Å². The smallest absolute Gasteiger partial charge is 0.315 e. The van der Waals surface area contributed by atoms with Crippen LogP contribution >= 0.6 is 0 Å². The van der Waals surface area contributed by atoms with Crippen molar-refractivity contribution < 1.29 is 4.79 Å². The molecule has 0 spiro atoms. The van der Waals surface area contributed by atoms with E-state index in [4.69, 9.17) is 5.73 Å². The molecule has 0 saturated heterocycles. The lowest BCUT2D eigenvalue weighted by Gasteiger charge is -2.22. The SMILES string of the molecule is C[C@H](CN)NC(=O)NC(C)(C)C. The Kier molecular flexibility index (Phi) is 4.03. The second kappa shape index (κ2) is 4.30. The molecule has 4 nitrogen and oxygen atoms in total. The number of hydrogen-bond acceptors (Lipinski definition) is 2. The zero-order valence-corrected chi connectivity index (χ0v) is 8.27.